The van der Waals surface area contributed by atoms with Gasteiger partial charge in [0.05, 0.1) is 18.8 Å². The van der Waals surface area contributed by atoms with Gasteiger partial charge < -0.3 is 15.1 Å². The Hall–Kier alpha value is -2.96. The first-order chi connectivity index (χ1) is 12.1. The molecule has 0 radical (unpaired) electrons. The van der Waals surface area contributed by atoms with E-state index in [-0.39, 0.29) is 30.8 Å². The maximum atomic E-state index is 13.7. The Bertz CT molecular complexity index is 754. The summed E-state index contributed by atoms with van der Waals surface area (Å²) in [6, 6.07) is 11.6. The SMILES string of the molecule is O=C(CN1CCN(Cc2ccccc2F)C1=O)NCc1ccccn1. The first-order valence-corrected chi connectivity index (χ1v) is 8.07. The van der Waals surface area contributed by atoms with Crippen molar-refractivity contribution in [1.29, 1.82) is 0 Å². The van der Waals surface area contributed by atoms with Crippen molar-refractivity contribution in [1.82, 2.24) is 20.1 Å². The average Bonchev–Trinajstić information content (AvgIpc) is 2.96. The van der Waals surface area contributed by atoms with Crippen LogP contribution in [0.25, 0.3) is 0 Å². The van der Waals surface area contributed by atoms with Crippen LogP contribution in [0.5, 0.6) is 0 Å². The summed E-state index contributed by atoms with van der Waals surface area (Å²) in [6.07, 6.45) is 1.66. The van der Waals surface area contributed by atoms with Crippen molar-refractivity contribution >= 4 is 11.9 Å². The Morgan fingerprint density at radius 2 is 1.88 bits per heavy atom. The predicted molar refractivity (Wildman–Crippen MR) is 89.9 cm³/mol. The van der Waals surface area contributed by atoms with Crippen molar-refractivity contribution in [2.75, 3.05) is 19.6 Å². The van der Waals surface area contributed by atoms with Gasteiger partial charge >= 0.3 is 6.03 Å². The molecular formula is C18H19FN4O2. The van der Waals surface area contributed by atoms with Gasteiger partial charge in [0.15, 0.2) is 0 Å². The lowest BCUT2D eigenvalue weighted by atomic mass is 10.2. The van der Waals surface area contributed by atoms with E-state index < -0.39 is 0 Å². The van der Waals surface area contributed by atoms with E-state index in [1.807, 2.05) is 12.1 Å². The lowest BCUT2D eigenvalue weighted by molar-refractivity contribution is -0.121. The molecule has 0 spiro atoms. The van der Waals surface area contributed by atoms with Crippen LogP contribution in [0.15, 0.2) is 48.7 Å². The zero-order valence-corrected chi connectivity index (χ0v) is 13.7. The normalized spacial score (nSPS) is 14.0. The number of nitrogens with one attached hydrogen (secondary N) is 1. The molecule has 1 N–H and O–H groups in total. The van der Waals surface area contributed by atoms with Crippen LogP contribution in [0.4, 0.5) is 9.18 Å². The summed E-state index contributed by atoms with van der Waals surface area (Å²) in [5, 5.41) is 2.75. The molecule has 0 aliphatic carbocycles. The van der Waals surface area contributed by atoms with Crippen LogP contribution in [0.3, 0.4) is 0 Å². The molecule has 2 aromatic rings. The molecule has 0 atom stereocenters. The number of nitrogens with zero attached hydrogens (tertiary/aromatic N) is 3. The smallest absolute Gasteiger partial charge is 0.320 e. The average molecular weight is 342 g/mol. The fourth-order valence-electron chi connectivity index (χ4n) is 2.68. The van der Waals surface area contributed by atoms with Gasteiger partial charge in [-0.2, -0.15) is 0 Å². The molecule has 6 nitrogen and oxygen atoms in total. The van der Waals surface area contributed by atoms with Gasteiger partial charge in [0.2, 0.25) is 5.91 Å². The number of carbonyl (C=O) groups is 2. The van der Waals surface area contributed by atoms with Gasteiger partial charge in [0.1, 0.15) is 12.4 Å². The summed E-state index contributed by atoms with van der Waals surface area (Å²) in [6.45, 7) is 1.43. The van der Waals surface area contributed by atoms with E-state index >= 15 is 0 Å². The number of rotatable bonds is 6. The van der Waals surface area contributed by atoms with E-state index in [9.17, 15) is 14.0 Å². The molecule has 7 heteroatoms. The van der Waals surface area contributed by atoms with E-state index in [0.717, 1.165) is 5.69 Å². The van der Waals surface area contributed by atoms with E-state index in [4.69, 9.17) is 0 Å². The summed E-state index contributed by atoms with van der Waals surface area (Å²) in [4.78, 5) is 31.5. The molecule has 1 aromatic carbocycles. The Morgan fingerprint density at radius 3 is 2.64 bits per heavy atom. The van der Waals surface area contributed by atoms with Crippen LogP contribution in [0, 0.1) is 5.82 Å². The van der Waals surface area contributed by atoms with Gasteiger partial charge in [-0.15, -0.1) is 0 Å². The van der Waals surface area contributed by atoms with E-state index in [2.05, 4.69) is 10.3 Å². The first-order valence-electron chi connectivity index (χ1n) is 8.07. The highest BCUT2D eigenvalue weighted by molar-refractivity contribution is 5.85. The van der Waals surface area contributed by atoms with Gasteiger partial charge in [-0.25, -0.2) is 9.18 Å². The summed E-state index contributed by atoms with van der Waals surface area (Å²) in [7, 11) is 0. The molecule has 130 valence electrons. The van der Waals surface area contributed by atoms with Crippen molar-refractivity contribution in [2.24, 2.45) is 0 Å². The molecule has 2 heterocycles. The standard InChI is InChI=1S/C18H19FN4O2/c19-16-7-2-1-5-14(16)12-22-9-10-23(18(22)25)13-17(24)21-11-15-6-3-4-8-20-15/h1-8H,9-13H2,(H,21,24). The van der Waals surface area contributed by atoms with E-state index in [0.29, 0.717) is 25.2 Å². The summed E-state index contributed by atoms with van der Waals surface area (Å²) in [5.74, 6) is -0.575. The van der Waals surface area contributed by atoms with Crippen LogP contribution in [-0.2, 0) is 17.9 Å². The fraction of sp³-hybridized carbons (Fsp3) is 0.278. The molecule has 1 aliphatic heterocycles. The maximum Gasteiger partial charge on any atom is 0.320 e. The lowest BCUT2D eigenvalue weighted by Gasteiger charge is -2.18. The van der Waals surface area contributed by atoms with Crippen LogP contribution in [0.1, 0.15) is 11.3 Å². The van der Waals surface area contributed by atoms with Crippen LogP contribution in [0.2, 0.25) is 0 Å². The van der Waals surface area contributed by atoms with Crippen LogP contribution < -0.4 is 5.32 Å². The van der Waals surface area contributed by atoms with Crippen LogP contribution >= 0.6 is 0 Å². The molecule has 0 saturated carbocycles. The third kappa shape index (κ3) is 4.32. The number of hydrogen-bond acceptors (Lipinski definition) is 3. The maximum absolute atomic E-state index is 13.7. The van der Waals surface area contributed by atoms with Crippen molar-refractivity contribution in [3.8, 4) is 0 Å². The lowest BCUT2D eigenvalue weighted by Crippen LogP contribution is -2.39. The minimum Gasteiger partial charge on any atom is -0.349 e. The number of aromatic nitrogens is 1. The summed E-state index contributed by atoms with van der Waals surface area (Å²) in [5.41, 5.74) is 1.22. The largest absolute Gasteiger partial charge is 0.349 e. The van der Waals surface area contributed by atoms with Crippen molar-refractivity contribution in [3.63, 3.8) is 0 Å². The highest BCUT2D eigenvalue weighted by atomic mass is 19.1. The van der Waals surface area contributed by atoms with Gasteiger partial charge in [-0.05, 0) is 18.2 Å². The third-order valence-corrected chi connectivity index (χ3v) is 4.03. The molecule has 1 saturated heterocycles. The number of urea groups is 1. The third-order valence-electron chi connectivity index (χ3n) is 4.03. The molecular weight excluding hydrogens is 323 g/mol. The topological polar surface area (TPSA) is 65.5 Å². The molecule has 1 aromatic heterocycles. The number of hydrogen-bond donors (Lipinski definition) is 1. The second-order valence-electron chi connectivity index (χ2n) is 5.81. The quantitative estimate of drug-likeness (QED) is 0.870. The Balaban J connectivity index is 1.50. The van der Waals surface area contributed by atoms with Gasteiger partial charge in [-0.3, -0.25) is 9.78 Å². The Labute approximate surface area is 145 Å². The summed E-state index contributed by atoms with van der Waals surface area (Å²) < 4.78 is 13.7. The number of halogens is 1. The minimum absolute atomic E-state index is 0.0144. The van der Waals surface area contributed by atoms with Gasteiger partial charge in [-0.1, -0.05) is 24.3 Å². The minimum atomic E-state index is -0.332. The van der Waals surface area contributed by atoms with E-state index in [1.165, 1.54) is 11.0 Å². The number of carbonyl (C=O) groups excluding carboxylic acids is 2. The molecule has 25 heavy (non-hydrogen) atoms. The van der Waals surface area contributed by atoms with Crippen LogP contribution in [-0.4, -0.2) is 46.4 Å². The summed E-state index contributed by atoms with van der Waals surface area (Å²) >= 11 is 0. The molecule has 3 rings (SSSR count). The molecule has 0 unspecified atom stereocenters. The highest BCUT2D eigenvalue weighted by Crippen LogP contribution is 2.15. The van der Waals surface area contributed by atoms with Gasteiger partial charge in [0, 0.05) is 24.8 Å². The van der Waals surface area contributed by atoms with Crippen molar-refractivity contribution in [3.05, 3.63) is 65.7 Å². The zero-order valence-electron chi connectivity index (χ0n) is 13.7. The van der Waals surface area contributed by atoms with Crippen molar-refractivity contribution in [2.45, 2.75) is 13.1 Å². The number of benzene rings is 1. The Morgan fingerprint density at radius 1 is 1.12 bits per heavy atom. The monoisotopic (exact) mass is 342 g/mol. The van der Waals surface area contributed by atoms with Gasteiger partial charge in [0.25, 0.3) is 0 Å². The number of pyridine rings is 1. The van der Waals surface area contributed by atoms with Crippen molar-refractivity contribution < 1.29 is 14.0 Å². The highest BCUT2D eigenvalue weighted by Gasteiger charge is 2.30. The first kappa shape index (κ1) is 16.9. The molecule has 1 fully saturated rings. The zero-order chi connectivity index (χ0) is 17.6. The molecule has 1 aliphatic rings. The predicted octanol–water partition coefficient (Wildman–Crippen LogP) is 1.77. The number of amides is 3. The Kier molecular flexibility index (Phi) is 5.23. The second-order valence-corrected chi connectivity index (χ2v) is 5.81. The second kappa shape index (κ2) is 7.74. The molecule has 0 bridgehead atoms. The van der Waals surface area contributed by atoms with E-state index in [1.54, 1.807) is 35.4 Å². The fourth-order valence-corrected chi connectivity index (χ4v) is 2.68. The molecule has 3 amide bonds.